The SMILES string of the molecule is O=C(NCCc1ccccc1)[C@H](Cc1ccccc1)N1Cc2ccccc2C1=O. The summed E-state index contributed by atoms with van der Waals surface area (Å²) in [7, 11) is 0. The lowest BCUT2D eigenvalue weighted by Crippen LogP contribution is -2.48. The van der Waals surface area contributed by atoms with E-state index in [1.807, 2.05) is 84.9 Å². The molecule has 1 aliphatic heterocycles. The van der Waals surface area contributed by atoms with Crippen LogP contribution in [0.25, 0.3) is 0 Å². The zero-order chi connectivity index (χ0) is 20.1. The molecule has 1 N–H and O–H groups in total. The van der Waals surface area contributed by atoms with Crippen molar-refractivity contribution < 1.29 is 9.59 Å². The van der Waals surface area contributed by atoms with E-state index in [1.54, 1.807) is 4.90 Å². The first kappa shape index (κ1) is 18.9. The average molecular weight is 384 g/mol. The van der Waals surface area contributed by atoms with Crippen molar-refractivity contribution in [1.82, 2.24) is 10.2 Å². The Bertz CT molecular complexity index is 986. The first-order chi connectivity index (χ1) is 14.2. The van der Waals surface area contributed by atoms with Crippen LogP contribution in [0.2, 0.25) is 0 Å². The van der Waals surface area contributed by atoms with E-state index < -0.39 is 6.04 Å². The van der Waals surface area contributed by atoms with Gasteiger partial charge < -0.3 is 10.2 Å². The Morgan fingerprint density at radius 3 is 2.17 bits per heavy atom. The highest BCUT2D eigenvalue weighted by atomic mass is 16.2. The summed E-state index contributed by atoms with van der Waals surface area (Å²) in [6.45, 7) is 1.02. The van der Waals surface area contributed by atoms with Gasteiger partial charge in [0.1, 0.15) is 6.04 Å². The van der Waals surface area contributed by atoms with Crippen molar-refractivity contribution in [2.24, 2.45) is 0 Å². The van der Waals surface area contributed by atoms with E-state index in [1.165, 1.54) is 5.56 Å². The number of carbonyl (C=O) groups excluding carboxylic acids is 2. The second-order valence-corrected chi connectivity index (χ2v) is 7.32. The molecule has 0 aromatic heterocycles. The van der Waals surface area contributed by atoms with Crippen molar-refractivity contribution >= 4 is 11.8 Å². The van der Waals surface area contributed by atoms with Gasteiger partial charge >= 0.3 is 0 Å². The molecule has 0 spiro atoms. The molecule has 3 aromatic rings. The van der Waals surface area contributed by atoms with Crippen LogP contribution in [-0.4, -0.2) is 29.3 Å². The zero-order valence-corrected chi connectivity index (χ0v) is 16.3. The van der Waals surface area contributed by atoms with E-state index in [2.05, 4.69) is 5.32 Å². The largest absolute Gasteiger partial charge is 0.354 e. The third kappa shape index (κ3) is 4.37. The molecular weight excluding hydrogens is 360 g/mol. The minimum atomic E-state index is -0.534. The summed E-state index contributed by atoms with van der Waals surface area (Å²) in [5, 5.41) is 3.04. The minimum Gasteiger partial charge on any atom is -0.354 e. The number of fused-ring (bicyclic) bond motifs is 1. The fourth-order valence-corrected chi connectivity index (χ4v) is 3.80. The van der Waals surface area contributed by atoms with Gasteiger partial charge in [-0.1, -0.05) is 78.9 Å². The second-order valence-electron chi connectivity index (χ2n) is 7.32. The van der Waals surface area contributed by atoms with E-state index in [9.17, 15) is 9.59 Å². The van der Waals surface area contributed by atoms with Crippen LogP contribution in [0.1, 0.15) is 27.0 Å². The maximum atomic E-state index is 13.1. The highest BCUT2D eigenvalue weighted by molar-refractivity contribution is 6.01. The molecule has 0 radical (unpaired) electrons. The van der Waals surface area contributed by atoms with Crippen LogP contribution < -0.4 is 5.32 Å². The van der Waals surface area contributed by atoms with Crippen LogP contribution >= 0.6 is 0 Å². The van der Waals surface area contributed by atoms with Crippen LogP contribution in [0.4, 0.5) is 0 Å². The summed E-state index contributed by atoms with van der Waals surface area (Å²) in [5.74, 6) is -0.175. The fourth-order valence-electron chi connectivity index (χ4n) is 3.80. The van der Waals surface area contributed by atoms with Crippen molar-refractivity contribution in [2.45, 2.75) is 25.4 Å². The molecule has 4 heteroatoms. The quantitative estimate of drug-likeness (QED) is 0.676. The predicted molar refractivity (Wildman–Crippen MR) is 113 cm³/mol. The van der Waals surface area contributed by atoms with Crippen molar-refractivity contribution in [2.75, 3.05) is 6.54 Å². The molecule has 3 aromatic carbocycles. The Labute approximate surface area is 171 Å². The summed E-state index contributed by atoms with van der Waals surface area (Å²) >= 11 is 0. The Hall–Kier alpha value is -3.40. The van der Waals surface area contributed by atoms with Crippen LogP contribution in [0.15, 0.2) is 84.9 Å². The molecule has 1 atom stereocenters. The van der Waals surface area contributed by atoms with Gasteiger partial charge in [-0.2, -0.15) is 0 Å². The van der Waals surface area contributed by atoms with E-state index in [0.717, 1.165) is 17.5 Å². The van der Waals surface area contributed by atoms with Crippen LogP contribution in [0, 0.1) is 0 Å². The van der Waals surface area contributed by atoms with Crippen LogP contribution in [0.3, 0.4) is 0 Å². The number of hydrogen-bond donors (Lipinski definition) is 1. The molecule has 2 amide bonds. The van der Waals surface area contributed by atoms with Gasteiger partial charge in [0.15, 0.2) is 0 Å². The summed E-state index contributed by atoms with van der Waals surface area (Å²) in [4.78, 5) is 27.8. The van der Waals surface area contributed by atoms with Gasteiger partial charge in [0.25, 0.3) is 5.91 Å². The molecule has 4 nitrogen and oxygen atoms in total. The molecule has 146 valence electrons. The topological polar surface area (TPSA) is 49.4 Å². The first-order valence-electron chi connectivity index (χ1n) is 9.97. The lowest BCUT2D eigenvalue weighted by Gasteiger charge is -2.27. The van der Waals surface area contributed by atoms with Gasteiger partial charge in [-0.3, -0.25) is 9.59 Å². The van der Waals surface area contributed by atoms with E-state index in [-0.39, 0.29) is 11.8 Å². The predicted octanol–water partition coefficient (Wildman–Crippen LogP) is 3.61. The molecule has 4 rings (SSSR count). The Morgan fingerprint density at radius 2 is 1.48 bits per heavy atom. The minimum absolute atomic E-state index is 0.0697. The van der Waals surface area contributed by atoms with E-state index in [0.29, 0.717) is 25.1 Å². The number of benzene rings is 3. The third-order valence-corrected chi connectivity index (χ3v) is 5.36. The molecule has 0 saturated carbocycles. The number of amides is 2. The number of rotatable bonds is 7. The van der Waals surface area contributed by atoms with E-state index in [4.69, 9.17) is 0 Å². The summed E-state index contributed by atoms with van der Waals surface area (Å²) in [6.07, 6.45) is 1.26. The molecule has 0 bridgehead atoms. The van der Waals surface area contributed by atoms with Gasteiger partial charge in [-0.05, 0) is 29.2 Å². The highest BCUT2D eigenvalue weighted by Gasteiger charge is 2.36. The lowest BCUT2D eigenvalue weighted by atomic mass is 10.0. The number of nitrogens with zero attached hydrogens (tertiary/aromatic N) is 1. The standard InChI is InChI=1S/C25H24N2O2/c28-24(26-16-15-19-9-3-1-4-10-19)23(17-20-11-5-2-6-12-20)27-18-21-13-7-8-14-22(21)25(27)29/h1-14,23H,15-18H2,(H,26,28)/t23-/m0/s1. The van der Waals surface area contributed by atoms with Gasteiger partial charge in [-0.25, -0.2) is 0 Å². The fraction of sp³-hybridized carbons (Fsp3) is 0.200. The Morgan fingerprint density at radius 1 is 0.862 bits per heavy atom. The molecule has 29 heavy (non-hydrogen) atoms. The van der Waals surface area contributed by atoms with Gasteiger partial charge in [0.2, 0.25) is 5.91 Å². The van der Waals surface area contributed by atoms with Crippen LogP contribution in [-0.2, 0) is 24.2 Å². The maximum Gasteiger partial charge on any atom is 0.255 e. The number of carbonyl (C=O) groups is 2. The van der Waals surface area contributed by atoms with Crippen molar-refractivity contribution in [3.63, 3.8) is 0 Å². The Balaban J connectivity index is 1.49. The molecule has 1 heterocycles. The molecule has 0 unspecified atom stereocenters. The lowest BCUT2D eigenvalue weighted by molar-refractivity contribution is -0.125. The smallest absolute Gasteiger partial charge is 0.255 e. The van der Waals surface area contributed by atoms with Gasteiger partial charge in [-0.15, -0.1) is 0 Å². The van der Waals surface area contributed by atoms with E-state index >= 15 is 0 Å². The second kappa shape index (κ2) is 8.74. The first-order valence-corrected chi connectivity index (χ1v) is 9.97. The van der Waals surface area contributed by atoms with Gasteiger partial charge in [0, 0.05) is 25.1 Å². The highest BCUT2D eigenvalue weighted by Crippen LogP contribution is 2.26. The van der Waals surface area contributed by atoms with Crippen molar-refractivity contribution in [3.05, 3.63) is 107 Å². The number of hydrogen-bond acceptors (Lipinski definition) is 2. The van der Waals surface area contributed by atoms with Crippen LogP contribution in [0.5, 0.6) is 0 Å². The Kier molecular flexibility index (Phi) is 5.71. The molecule has 0 aliphatic carbocycles. The average Bonchev–Trinajstić information content (AvgIpc) is 3.10. The van der Waals surface area contributed by atoms with Gasteiger partial charge in [0.05, 0.1) is 0 Å². The normalized spacial score (nSPS) is 13.8. The summed E-state index contributed by atoms with van der Waals surface area (Å²) in [6, 6.07) is 27.0. The number of nitrogens with one attached hydrogen (secondary N) is 1. The molecule has 0 saturated heterocycles. The zero-order valence-electron chi connectivity index (χ0n) is 16.3. The van der Waals surface area contributed by atoms with Crippen molar-refractivity contribution in [1.29, 1.82) is 0 Å². The third-order valence-electron chi connectivity index (χ3n) is 5.36. The maximum absolute atomic E-state index is 13.1. The summed E-state index contributed by atoms with van der Waals surface area (Å²) < 4.78 is 0. The molecule has 1 aliphatic rings. The van der Waals surface area contributed by atoms with Crippen molar-refractivity contribution in [3.8, 4) is 0 Å². The summed E-state index contributed by atoms with van der Waals surface area (Å²) in [5.41, 5.74) is 3.90. The molecular formula is C25H24N2O2. The monoisotopic (exact) mass is 384 g/mol. The molecule has 0 fully saturated rings.